The van der Waals surface area contributed by atoms with Crippen LogP contribution in [-0.2, 0) is 4.57 Å². The van der Waals surface area contributed by atoms with E-state index in [0.717, 1.165) is 12.8 Å². The van der Waals surface area contributed by atoms with E-state index in [-0.39, 0.29) is 12.5 Å². The Morgan fingerprint density at radius 1 is 1.25 bits per heavy atom. The Kier molecular flexibility index (Phi) is 3.88. The number of rotatable bonds is 4. The summed E-state index contributed by atoms with van der Waals surface area (Å²) in [7, 11) is 0.993. The van der Waals surface area contributed by atoms with Gasteiger partial charge < -0.3 is 19.4 Å². The minimum atomic E-state index is -4.49. The summed E-state index contributed by atoms with van der Waals surface area (Å²) in [6, 6.07) is 0. The molecule has 1 fully saturated rings. The fraction of sp³-hybridized carbons (Fsp3) is 1.00. The van der Waals surface area contributed by atoms with Gasteiger partial charge in [0.05, 0.1) is 21.1 Å². The maximum Gasteiger partial charge on any atom is 0.363 e. The molecule has 0 aromatic rings. The van der Waals surface area contributed by atoms with Gasteiger partial charge in [-0.15, -0.1) is 0 Å². The summed E-state index contributed by atoms with van der Waals surface area (Å²) in [6.07, 6.45) is 3.32. The quantitative estimate of drug-likeness (QED) is 0.509. The molecule has 1 aliphatic rings. The largest absolute Gasteiger partial charge is 0.373 e. The molecule has 0 amide bonds. The van der Waals surface area contributed by atoms with Crippen LogP contribution in [0.1, 0.15) is 25.7 Å². The lowest BCUT2D eigenvalue weighted by Gasteiger charge is -2.39. The van der Waals surface area contributed by atoms with E-state index >= 15 is 0 Å². The molecule has 0 heterocycles. The van der Waals surface area contributed by atoms with Crippen molar-refractivity contribution in [1.29, 1.82) is 0 Å². The summed E-state index contributed by atoms with van der Waals surface area (Å²) in [5.41, 5.74) is 0. The van der Waals surface area contributed by atoms with E-state index in [1.54, 1.807) is 0 Å². The lowest BCUT2D eigenvalue weighted by Crippen LogP contribution is -2.52. The van der Waals surface area contributed by atoms with Gasteiger partial charge in [0.1, 0.15) is 6.54 Å². The van der Waals surface area contributed by atoms with Gasteiger partial charge in [0.25, 0.3) is 0 Å². The normalized spacial score (nSPS) is 23.4. The first kappa shape index (κ1) is 14.1. The summed E-state index contributed by atoms with van der Waals surface area (Å²) < 4.78 is 11.9. The Balaban J connectivity index is 2.97. The van der Waals surface area contributed by atoms with Gasteiger partial charge in [-0.25, -0.2) is 0 Å². The molecular formula is C10H23NO4P+. The Morgan fingerprint density at radius 2 is 1.69 bits per heavy atom. The van der Waals surface area contributed by atoms with E-state index in [9.17, 15) is 19.5 Å². The minimum Gasteiger partial charge on any atom is -0.373 e. The van der Waals surface area contributed by atoms with Crippen molar-refractivity contribution in [2.45, 2.75) is 31.0 Å². The van der Waals surface area contributed by atoms with E-state index in [4.69, 9.17) is 0 Å². The third kappa shape index (κ3) is 3.05. The molecule has 1 unspecified atom stereocenters. The molecule has 16 heavy (non-hydrogen) atoms. The van der Waals surface area contributed by atoms with Gasteiger partial charge in [0.15, 0.2) is 0 Å². The molecule has 0 aliphatic heterocycles. The third-order valence-electron chi connectivity index (χ3n) is 3.22. The van der Waals surface area contributed by atoms with Gasteiger partial charge in [0.2, 0.25) is 5.34 Å². The van der Waals surface area contributed by atoms with Crippen LogP contribution >= 0.6 is 7.60 Å². The van der Waals surface area contributed by atoms with Crippen molar-refractivity contribution in [3.8, 4) is 0 Å². The third-order valence-corrected chi connectivity index (χ3v) is 4.74. The van der Waals surface area contributed by atoms with Crippen LogP contribution in [0.5, 0.6) is 0 Å². The molecule has 1 atom stereocenters. The lowest BCUT2D eigenvalue weighted by molar-refractivity contribution is -0.875. The average molecular weight is 252 g/mol. The van der Waals surface area contributed by atoms with Crippen molar-refractivity contribution in [2.75, 3.05) is 27.7 Å². The van der Waals surface area contributed by atoms with Crippen molar-refractivity contribution in [1.82, 2.24) is 0 Å². The smallest absolute Gasteiger partial charge is 0.363 e. The average Bonchev–Trinajstić information content (AvgIpc) is 2.49. The number of likely N-dealkylation sites (N-methyl/N-ethyl adjacent to an activating group) is 1. The first-order valence-corrected chi connectivity index (χ1v) is 7.26. The Labute approximate surface area is 96.8 Å². The van der Waals surface area contributed by atoms with Crippen LogP contribution in [0.15, 0.2) is 0 Å². The molecule has 1 saturated carbocycles. The van der Waals surface area contributed by atoms with Crippen LogP contribution < -0.4 is 0 Å². The lowest BCUT2D eigenvalue weighted by atomic mass is 9.99. The highest BCUT2D eigenvalue weighted by Gasteiger charge is 2.55. The maximum absolute atomic E-state index is 11.6. The molecule has 0 aromatic carbocycles. The van der Waals surface area contributed by atoms with Crippen LogP contribution in [0.25, 0.3) is 0 Å². The van der Waals surface area contributed by atoms with Gasteiger partial charge in [-0.2, -0.15) is 0 Å². The predicted molar refractivity (Wildman–Crippen MR) is 61.9 cm³/mol. The Bertz CT molecular complexity index is 290. The van der Waals surface area contributed by atoms with Gasteiger partial charge in [-0.05, 0) is 12.8 Å². The monoisotopic (exact) mass is 252 g/mol. The molecule has 0 aromatic heterocycles. The van der Waals surface area contributed by atoms with E-state index in [2.05, 4.69) is 0 Å². The van der Waals surface area contributed by atoms with E-state index in [0.29, 0.717) is 17.3 Å². The molecule has 0 saturated heterocycles. The Morgan fingerprint density at radius 3 is 2.00 bits per heavy atom. The molecule has 3 N–H and O–H groups in total. The Hall–Kier alpha value is 0.0700. The van der Waals surface area contributed by atoms with E-state index in [1.165, 1.54) is 0 Å². The molecule has 0 bridgehead atoms. The van der Waals surface area contributed by atoms with Crippen LogP contribution in [0.2, 0.25) is 0 Å². The van der Waals surface area contributed by atoms with Crippen LogP contribution in [0, 0.1) is 5.92 Å². The molecule has 1 rings (SSSR count). The molecular weight excluding hydrogens is 229 g/mol. The van der Waals surface area contributed by atoms with Gasteiger partial charge in [0, 0.05) is 5.92 Å². The maximum atomic E-state index is 11.6. The summed E-state index contributed by atoms with van der Waals surface area (Å²) in [5, 5.41) is 8.55. The summed E-state index contributed by atoms with van der Waals surface area (Å²) >= 11 is 0. The van der Waals surface area contributed by atoms with E-state index in [1.807, 2.05) is 21.1 Å². The second-order valence-corrected chi connectivity index (χ2v) is 7.71. The van der Waals surface area contributed by atoms with Crippen molar-refractivity contribution >= 4 is 7.60 Å². The van der Waals surface area contributed by atoms with Crippen molar-refractivity contribution in [3.63, 3.8) is 0 Å². The molecule has 6 heteroatoms. The van der Waals surface area contributed by atoms with Crippen molar-refractivity contribution < 1.29 is 23.9 Å². The zero-order chi connectivity index (χ0) is 12.6. The first-order valence-electron chi connectivity index (χ1n) is 5.65. The number of quaternary nitrogens is 1. The summed E-state index contributed by atoms with van der Waals surface area (Å²) in [6.45, 7) is 0.0853. The zero-order valence-electron chi connectivity index (χ0n) is 10.3. The summed E-state index contributed by atoms with van der Waals surface area (Å²) in [4.78, 5) is 18.8. The number of aliphatic hydroxyl groups is 1. The zero-order valence-corrected chi connectivity index (χ0v) is 11.2. The first-order chi connectivity index (χ1) is 7.06. The van der Waals surface area contributed by atoms with Crippen molar-refractivity contribution in [2.24, 2.45) is 5.92 Å². The standard InChI is InChI=1S/C10H22NO4P/c1-11(2,3)8-10(12,16(13,14)15)9-6-4-5-7-9/h9,12H,4-8H2,1-3H3,(H-,13,14,15)/p+1. The van der Waals surface area contributed by atoms with Crippen LogP contribution in [0.4, 0.5) is 0 Å². The topological polar surface area (TPSA) is 77.8 Å². The minimum absolute atomic E-state index is 0.0853. The molecule has 5 nitrogen and oxygen atoms in total. The number of nitrogens with zero attached hydrogens (tertiary/aromatic N) is 1. The number of hydrogen-bond acceptors (Lipinski definition) is 2. The highest BCUT2D eigenvalue weighted by atomic mass is 31.2. The molecule has 1 aliphatic carbocycles. The number of hydrogen-bond donors (Lipinski definition) is 3. The van der Waals surface area contributed by atoms with E-state index < -0.39 is 12.9 Å². The molecule has 96 valence electrons. The highest BCUT2D eigenvalue weighted by molar-refractivity contribution is 7.53. The second kappa shape index (κ2) is 4.39. The van der Waals surface area contributed by atoms with Crippen molar-refractivity contribution in [3.05, 3.63) is 0 Å². The molecule has 0 spiro atoms. The molecule has 0 radical (unpaired) electrons. The fourth-order valence-electron chi connectivity index (χ4n) is 2.55. The summed E-state index contributed by atoms with van der Waals surface area (Å²) in [5.74, 6) is -0.273. The second-order valence-electron chi connectivity index (χ2n) is 5.85. The van der Waals surface area contributed by atoms with Gasteiger partial charge in [-0.3, -0.25) is 4.57 Å². The SMILES string of the molecule is C[N+](C)(C)CC(O)(C1CCCC1)P(=O)(O)O. The predicted octanol–water partition coefficient (Wildman–Crippen LogP) is 0.749. The highest BCUT2D eigenvalue weighted by Crippen LogP contribution is 2.57. The van der Waals surface area contributed by atoms with Gasteiger partial charge in [-0.1, -0.05) is 12.8 Å². The van der Waals surface area contributed by atoms with Crippen LogP contribution in [0.3, 0.4) is 0 Å². The fourth-order valence-corrected chi connectivity index (χ4v) is 3.89. The van der Waals surface area contributed by atoms with Crippen LogP contribution in [-0.4, -0.2) is 52.4 Å². The van der Waals surface area contributed by atoms with Gasteiger partial charge >= 0.3 is 7.60 Å².